The predicted octanol–water partition coefficient (Wildman–Crippen LogP) is 3.64. The van der Waals surface area contributed by atoms with Gasteiger partial charge in [-0.2, -0.15) is 0 Å². The Balaban J connectivity index is 1.67. The molecule has 0 bridgehead atoms. The van der Waals surface area contributed by atoms with Crippen LogP contribution in [0.2, 0.25) is 5.02 Å². The molecule has 0 radical (unpaired) electrons. The molecule has 7 nitrogen and oxygen atoms in total. The summed E-state index contributed by atoms with van der Waals surface area (Å²) in [5, 5.41) is 5.91. The van der Waals surface area contributed by atoms with E-state index in [1.54, 1.807) is 50.4 Å². The molecule has 182 valence electrons. The highest BCUT2D eigenvalue weighted by molar-refractivity contribution is 6.38. The number of rotatable bonds is 11. The number of ether oxygens (including phenoxy) is 1. The van der Waals surface area contributed by atoms with Crippen molar-refractivity contribution in [3.05, 3.63) is 101 Å². The number of halogens is 1. The summed E-state index contributed by atoms with van der Waals surface area (Å²) in [7, 11) is 0. The molecule has 0 fully saturated rings. The van der Waals surface area contributed by atoms with Crippen molar-refractivity contribution in [3.63, 3.8) is 0 Å². The van der Waals surface area contributed by atoms with E-state index in [4.69, 9.17) is 16.3 Å². The number of hydrogen-bond donors (Lipinski definition) is 2. The maximum Gasteiger partial charge on any atom is 0.289 e. The van der Waals surface area contributed by atoms with Crippen molar-refractivity contribution in [2.24, 2.45) is 0 Å². The highest BCUT2D eigenvalue weighted by atomic mass is 35.5. The van der Waals surface area contributed by atoms with Crippen molar-refractivity contribution >= 4 is 29.2 Å². The van der Waals surface area contributed by atoms with Crippen molar-refractivity contribution in [1.29, 1.82) is 0 Å². The zero-order valence-corrected chi connectivity index (χ0v) is 20.4. The molecule has 8 heteroatoms. The predicted molar refractivity (Wildman–Crippen MR) is 133 cm³/mol. The summed E-state index contributed by atoms with van der Waals surface area (Å²) in [4.78, 5) is 42.9. The first-order valence-corrected chi connectivity index (χ1v) is 11.6. The Hall–Kier alpha value is -3.55. The molecule has 0 aliphatic rings. The number of pyridine rings is 1. The molecule has 0 saturated carbocycles. The van der Waals surface area contributed by atoms with Gasteiger partial charge in [-0.3, -0.25) is 19.4 Å². The van der Waals surface area contributed by atoms with Gasteiger partial charge >= 0.3 is 0 Å². The Labute approximate surface area is 209 Å². The van der Waals surface area contributed by atoms with E-state index in [-0.39, 0.29) is 19.6 Å². The number of nitrogens with one attached hydrogen (secondary N) is 2. The van der Waals surface area contributed by atoms with Crippen molar-refractivity contribution < 1.29 is 19.1 Å². The summed E-state index contributed by atoms with van der Waals surface area (Å²) < 4.78 is 5.84. The Morgan fingerprint density at radius 2 is 1.63 bits per heavy atom. The average molecular weight is 494 g/mol. The minimum Gasteiger partial charge on any atom is -0.361 e. The van der Waals surface area contributed by atoms with Gasteiger partial charge in [-0.25, -0.2) is 0 Å². The molecular weight excluding hydrogens is 466 g/mol. The van der Waals surface area contributed by atoms with Crippen LogP contribution in [-0.4, -0.2) is 34.2 Å². The van der Waals surface area contributed by atoms with E-state index in [0.717, 1.165) is 11.1 Å². The first-order valence-electron chi connectivity index (χ1n) is 11.2. The lowest BCUT2D eigenvalue weighted by atomic mass is 10.00. The standard InChI is InChI=1S/C27H28ClN3O4/c1-27(2,35-18-20-11-13-21(28)14-12-20)26(34)31-23(16-19-8-4-3-5-9-19)24(32)25(33)30-17-22-10-6-7-15-29-22/h3-15,23H,16-18H2,1-2H3,(H,30,33)(H,31,34)/t23-/m1/s1. The first-order chi connectivity index (χ1) is 16.7. The minimum atomic E-state index is -1.25. The monoisotopic (exact) mass is 493 g/mol. The summed E-state index contributed by atoms with van der Waals surface area (Å²) in [5.74, 6) is -2.04. The minimum absolute atomic E-state index is 0.104. The van der Waals surface area contributed by atoms with Crippen LogP contribution in [-0.2, 0) is 38.7 Å². The van der Waals surface area contributed by atoms with Gasteiger partial charge in [-0.1, -0.05) is 60.1 Å². The topological polar surface area (TPSA) is 97.4 Å². The van der Waals surface area contributed by atoms with Crippen LogP contribution >= 0.6 is 11.6 Å². The fourth-order valence-corrected chi connectivity index (χ4v) is 3.35. The van der Waals surface area contributed by atoms with E-state index in [1.165, 1.54) is 0 Å². The number of carbonyl (C=O) groups excluding carboxylic acids is 3. The summed E-state index contributed by atoms with van der Waals surface area (Å²) >= 11 is 5.92. The largest absolute Gasteiger partial charge is 0.361 e. The van der Waals surface area contributed by atoms with Gasteiger partial charge in [0.15, 0.2) is 0 Å². The molecule has 0 aliphatic carbocycles. The number of nitrogens with zero attached hydrogens (tertiary/aromatic N) is 1. The zero-order valence-electron chi connectivity index (χ0n) is 19.7. The third-order valence-corrected chi connectivity index (χ3v) is 5.60. The van der Waals surface area contributed by atoms with Crippen molar-refractivity contribution in [2.75, 3.05) is 0 Å². The average Bonchev–Trinajstić information content (AvgIpc) is 2.87. The van der Waals surface area contributed by atoms with E-state index in [1.807, 2.05) is 42.5 Å². The molecule has 1 heterocycles. The Morgan fingerprint density at radius 3 is 2.29 bits per heavy atom. The van der Waals surface area contributed by atoms with E-state index in [2.05, 4.69) is 15.6 Å². The Bertz CT molecular complexity index is 1140. The maximum atomic E-state index is 13.1. The van der Waals surface area contributed by atoms with Crippen molar-refractivity contribution in [3.8, 4) is 0 Å². The van der Waals surface area contributed by atoms with E-state index in [0.29, 0.717) is 10.7 Å². The second kappa shape index (κ2) is 12.2. The van der Waals surface area contributed by atoms with Crippen LogP contribution in [0.5, 0.6) is 0 Å². The van der Waals surface area contributed by atoms with Crippen LogP contribution in [0.3, 0.4) is 0 Å². The number of carbonyl (C=O) groups is 3. The van der Waals surface area contributed by atoms with Gasteiger partial charge in [0.1, 0.15) is 11.6 Å². The smallest absolute Gasteiger partial charge is 0.289 e. The summed E-state index contributed by atoms with van der Waals surface area (Å²) in [6.45, 7) is 3.51. The molecule has 0 unspecified atom stereocenters. The van der Waals surface area contributed by atoms with Crippen molar-refractivity contribution in [2.45, 2.75) is 45.1 Å². The van der Waals surface area contributed by atoms with Gasteiger partial charge in [-0.05, 0) is 49.2 Å². The second-order valence-corrected chi connectivity index (χ2v) is 8.95. The number of ketones is 1. The fourth-order valence-electron chi connectivity index (χ4n) is 3.22. The molecule has 35 heavy (non-hydrogen) atoms. The van der Waals surface area contributed by atoms with E-state index < -0.39 is 29.2 Å². The third kappa shape index (κ3) is 8.02. The molecular formula is C27H28ClN3O4. The van der Waals surface area contributed by atoms with Crippen LogP contribution in [0.1, 0.15) is 30.7 Å². The fraction of sp³-hybridized carbons (Fsp3) is 0.259. The number of aromatic nitrogens is 1. The van der Waals surface area contributed by atoms with Gasteiger partial charge in [-0.15, -0.1) is 0 Å². The Kier molecular flexibility index (Phi) is 9.11. The molecule has 2 N–H and O–H groups in total. The molecule has 1 aromatic heterocycles. The van der Waals surface area contributed by atoms with Gasteiger partial charge in [0.05, 0.1) is 18.8 Å². The third-order valence-electron chi connectivity index (χ3n) is 5.34. The highest BCUT2D eigenvalue weighted by Crippen LogP contribution is 2.16. The van der Waals surface area contributed by atoms with Crippen LogP contribution in [0, 0.1) is 0 Å². The number of Topliss-reactive ketones (excluding diaryl/α,β-unsaturated/α-hetero) is 1. The molecule has 0 saturated heterocycles. The number of amides is 2. The Morgan fingerprint density at radius 1 is 0.943 bits per heavy atom. The van der Waals surface area contributed by atoms with Crippen LogP contribution in [0.25, 0.3) is 0 Å². The van der Waals surface area contributed by atoms with Gasteiger partial charge in [0.25, 0.3) is 11.8 Å². The van der Waals surface area contributed by atoms with Crippen LogP contribution in [0.15, 0.2) is 79.0 Å². The second-order valence-electron chi connectivity index (χ2n) is 8.51. The van der Waals surface area contributed by atoms with Gasteiger partial charge < -0.3 is 15.4 Å². The van der Waals surface area contributed by atoms with Crippen LogP contribution in [0.4, 0.5) is 0 Å². The quantitative estimate of drug-likeness (QED) is 0.397. The lowest BCUT2D eigenvalue weighted by Gasteiger charge is -2.27. The maximum absolute atomic E-state index is 13.1. The lowest BCUT2D eigenvalue weighted by molar-refractivity contribution is -0.147. The van der Waals surface area contributed by atoms with Crippen LogP contribution < -0.4 is 10.6 Å². The first kappa shape index (κ1) is 26.1. The number of hydrogen-bond acceptors (Lipinski definition) is 5. The molecule has 1 atom stereocenters. The van der Waals surface area contributed by atoms with E-state index >= 15 is 0 Å². The van der Waals surface area contributed by atoms with E-state index in [9.17, 15) is 14.4 Å². The summed E-state index contributed by atoms with van der Waals surface area (Å²) in [5.41, 5.74) is 1.03. The number of benzene rings is 2. The summed E-state index contributed by atoms with van der Waals surface area (Å²) in [6.07, 6.45) is 1.77. The molecule has 3 aromatic rings. The zero-order chi connectivity index (χ0) is 25.3. The molecule has 2 aromatic carbocycles. The van der Waals surface area contributed by atoms with Gasteiger partial charge in [0, 0.05) is 17.6 Å². The summed E-state index contributed by atoms with van der Waals surface area (Å²) in [6, 6.07) is 20.5. The normalized spacial score (nSPS) is 12.0. The molecule has 0 spiro atoms. The molecule has 3 rings (SSSR count). The lowest BCUT2D eigenvalue weighted by Crippen LogP contribution is -2.54. The highest BCUT2D eigenvalue weighted by Gasteiger charge is 2.34. The SMILES string of the molecule is CC(C)(OCc1ccc(Cl)cc1)C(=O)N[C@H](Cc1ccccc1)C(=O)C(=O)NCc1ccccn1. The van der Waals surface area contributed by atoms with Crippen molar-refractivity contribution in [1.82, 2.24) is 15.6 Å². The molecule has 0 aliphatic heterocycles. The van der Waals surface area contributed by atoms with Gasteiger partial charge in [0.2, 0.25) is 5.78 Å². The molecule has 2 amide bonds.